The van der Waals surface area contributed by atoms with Crippen molar-refractivity contribution in [2.45, 2.75) is 43.1 Å². The molecule has 0 bridgehead atoms. The minimum absolute atomic E-state index is 0.119. The fraction of sp³-hybridized carbons (Fsp3) is 0.571. The summed E-state index contributed by atoms with van der Waals surface area (Å²) in [5, 5.41) is 9.93. The van der Waals surface area contributed by atoms with Crippen molar-refractivity contribution in [3.05, 3.63) is 30.3 Å². The summed E-state index contributed by atoms with van der Waals surface area (Å²) in [5.41, 5.74) is 0. The topological polar surface area (TPSA) is 20.2 Å². The van der Waals surface area contributed by atoms with Gasteiger partial charge in [-0.2, -0.15) is 0 Å². The van der Waals surface area contributed by atoms with E-state index in [1.54, 1.807) is 11.8 Å². The van der Waals surface area contributed by atoms with Crippen LogP contribution in [0.5, 0.6) is 0 Å². The van der Waals surface area contributed by atoms with Crippen molar-refractivity contribution >= 4 is 23.4 Å². The van der Waals surface area contributed by atoms with Crippen LogP contribution in [0.3, 0.4) is 0 Å². The normalized spacial score (nSPS) is 16.5. The van der Waals surface area contributed by atoms with Gasteiger partial charge in [0.1, 0.15) is 0 Å². The molecule has 1 N–H and O–H groups in total. The van der Waals surface area contributed by atoms with Crippen molar-refractivity contribution in [2.75, 3.05) is 5.75 Å². The summed E-state index contributed by atoms with van der Waals surface area (Å²) in [4.78, 5) is 1.24. The first-order valence-electron chi connectivity index (χ1n) is 6.15. The van der Waals surface area contributed by atoms with Crippen molar-refractivity contribution < 1.29 is 5.11 Å². The van der Waals surface area contributed by atoms with E-state index in [4.69, 9.17) is 11.6 Å². The highest BCUT2D eigenvalue weighted by atomic mass is 35.5. The fourth-order valence-corrected chi connectivity index (χ4v) is 3.11. The molecule has 3 atom stereocenters. The van der Waals surface area contributed by atoms with Crippen molar-refractivity contribution in [2.24, 2.45) is 5.92 Å². The van der Waals surface area contributed by atoms with E-state index in [-0.39, 0.29) is 11.3 Å². The molecule has 3 heteroatoms. The summed E-state index contributed by atoms with van der Waals surface area (Å²) in [7, 11) is 0. The molecule has 0 aliphatic heterocycles. The number of halogens is 1. The van der Waals surface area contributed by atoms with Crippen LogP contribution in [0, 0.1) is 5.92 Å². The maximum atomic E-state index is 10.1. The molecule has 1 rings (SSSR count). The van der Waals surface area contributed by atoms with Crippen LogP contribution in [0.4, 0.5) is 0 Å². The Kier molecular flexibility index (Phi) is 7.02. The van der Waals surface area contributed by atoms with Crippen LogP contribution < -0.4 is 0 Å². The van der Waals surface area contributed by atoms with Gasteiger partial charge in [0.05, 0.1) is 11.5 Å². The molecule has 0 radical (unpaired) electrons. The van der Waals surface area contributed by atoms with E-state index in [1.165, 1.54) is 4.90 Å². The van der Waals surface area contributed by atoms with Gasteiger partial charge in [0.15, 0.2) is 0 Å². The van der Waals surface area contributed by atoms with Gasteiger partial charge in [0, 0.05) is 10.6 Å². The highest BCUT2D eigenvalue weighted by molar-refractivity contribution is 7.99. The molecule has 0 fully saturated rings. The van der Waals surface area contributed by atoms with Gasteiger partial charge in [0.25, 0.3) is 0 Å². The summed E-state index contributed by atoms with van der Waals surface area (Å²) in [5.74, 6) is 1.12. The first-order chi connectivity index (χ1) is 8.15. The lowest BCUT2D eigenvalue weighted by molar-refractivity contribution is 0.119. The number of hydrogen-bond acceptors (Lipinski definition) is 2. The van der Waals surface area contributed by atoms with E-state index >= 15 is 0 Å². The average molecular weight is 273 g/mol. The minimum atomic E-state index is -0.409. The molecule has 0 spiro atoms. The molecular formula is C14H21ClOS. The molecule has 0 saturated heterocycles. The summed E-state index contributed by atoms with van der Waals surface area (Å²) in [6.45, 7) is 4.15. The van der Waals surface area contributed by atoms with Gasteiger partial charge in [-0.1, -0.05) is 38.5 Å². The van der Waals surface area contributed by atoms with Gasteiger partial charge in [-0.3, -0.25) is 0 Å². The van der Waals surface area contributed by atoms with Crippen LogP contribution in [0.25, 0.3) is 0 Å². The van der Waals surface area contributed by atoms with Crippen molar-refractivity contribution in [1.82, 2.24) is 0 Å². The second-order valence-electron chi connectivity index (χ2n) is 4.40. The van der Waals surface area contributed by atoms with Gasteiger partial charge in [-0.15, -0.1) is 23.4 Å². The Hall–Kier alpha value is -0.180. The molecule has 1 aromatic rings. The van der Waals surface area contributed by atoms with E-state index in [9.17, 15) is 5.11 Å². The highest BCUT2D eigenvalue weighted by Gasteiger charge is 2.22. The van der Waals surface area contributed by atoms with E-state index in [1.807, 2.05) is 18.2 Å². The van der Waals surface area contributed by atoms with E-state index in [0.29, 0.717) is 0 Å². The summed E-state index contributed by atoms with van der Waals surface area (Å²) < 4.78 is 0. The molecule has 0 amide bonds. The lowest BCUT2D eigenvalue weighted by Crippen LogP contribution is -2.29. The van der Waals surface area contributed by atoms with Crippen molar-refractivity contribution in [3.8, 4) is 0 Å². The zero-order valence-corrected chi connectivity index (χ0v) is 12.0. The lowest BCUT2D eigenvalue weighted by atomic mass is 10.0. The monoisotopic (exact) mass is 272 g/mol. The molecule has 0 aliphatic carbocycles. The quantitative estimate of drug-likeness (QED) is 0.593. The Balaban J connectivity index is 2.36. The first kappa shape index (κ1) is 14.9. The number of alkyl halides is 1. The summed E-state index contributed by atoms with van der Waals surface area (Å²) in [6.07, 6.45) is 1.49. The van der Waals surface area contributed by atoms with Crippen molar-refractivity contribution in [1.29, 1.82) is 0 Å². The van der Waals surface area contributed by atoms with Gasteiger partial charge in [-0.05, 0) is 24.5 Å². The Morgan fingerprint density at radius 2 is 1.94 bits per heavy atom. The zero-order valence-electron chi connectivity index (χ0n) is 10.5. The van der Waals surface area contributed by atoms with E-state index in [0.717, 1.165) is 18.6 Å². The maximum Gasteiger partial charge on any atom is 0.0737 e. The van der Waals surface area contributed by atoms with Crippen molar-refractivity contribution in [3.63, 3.8) is 0 Å². The molecule has 0 heterocycles. The Bertz CT molecular complexity index is 304. The number of thioether (sulfide) groups is 1. The molecule has 1 nitrogen and oxygen atoms in total. The third-order valence-electron chi connectivity index (χ3n) is 2.77. The molecule has 17 heavy (non-hydrogen) atoms. The SMILES string of the molecule is CCC[C@@H](Cl)[C@@H](O)[C@@H](C)CSc1ccccc1. The first-order valence-corrected chi connectivity index (χ1v) is 7.57. The average Bonchev–Trinajstić information content (AvgIpc) is 2.36. The number of aliphatic hydroxyl groups excluding tert-OH is 1. The number of aliphatic hydroxyl groups is 1. The van der Waals surface area contributed by atoms with E-state index < -0.39 is 6.10 Å². The van der Waals surface area contributed by atoms with Crippen LogP contribution >= 0.6 is 23.4 Å². The third-order valence-corrected chi connectivity index (χ3v) is 4.55. The number of benzene rings is 1. The minimum Gasteiger partial charge on any atom is -0.391 e. The van der Waals surface area contributed by atoms with Crippen LogP contribution in [0.2, 0.25) is 0 Å². The molecule has 0 saturated carbocycles. The Labute approximate surface area is 114 Å². The zero-order chi connectivity index (χ0) is 12.7. The Morgan fingerprint density at radius 1 is 1.29 bits per heavy atom. The molecule has 0 unspecified atom stereocenters. The van der Waals surface area contributed by atoms with Crippen LogP contribution in [-0.2, 0) is 0 Å². The lowest BCUT2D eigenvalue weighted by Gasteiger charge is -2.22. The summed E-state index contributed by atoms with van der Waals surface area (Å²) >= 11 is 7.92. The predicted molar refractivity (Wildman–Crippen MR) is 76.9 cm³/mol. The van der Waals surface area contributed by atoms with Crippen LogP contribution in [0.15, 0.2) is 35.2 Å². The molecule has 1 aromatic carbocycles. The van der Waals surface area contributed by atoms with Gasteiger partial charge < -0.3 is 5.11 Å². The number of rotatable bonds is 7. The van der Waals surface area contributed by atoms with Gasteiger partial charge in [0.2, 0.25) is 0 Å². The largest absolute Gasteiger partial charge is 0.391 e. The highest BCUT2D eigenvalue weighted by Crippen LogP contribution is 2.25. The molecular weight excluding hydrogens is 252 g/mol. The second kappa shape index (κ2) is 8.02. The smallest absolute Gasteiger partial charge is 0.0737 e. The number of hydrogen-bond donors (Lipinski definition) is 1. The predicted octanol–water partition coefficient (Wildman–Crippen LogP) is 4.18. The van der Waals surface area contributed by atoms with Gasteiger partial charge in [-0.25, -0.2) is 0 Å². The van der Waals surface area contributed by atoms with Gasteiger partial charge >= 0.3 is 0 Å². The molecule has 0 aromatic heterocycles. The fourth-order valence-electron chi connectivity index (χ4n) is 1.65. The standard InChI is InChI=1S/C14H21ClOS/c1-3-7-13(15)14(16)11(2)10-17-12-8-5-4-6-9-12/h4-6,8-9,11,13-14,16H,3,7,10H2,1-2H3/t11-,13+,14-/m0/s1. The summed E-state index contributed by atoms with van der Waals surface area (Å²) in [6, 6.07) is 10.3. The van der Waals surface area contributed by atoms with E-state index in [2.05, 4.69) is 26.0 Å². The van der Waals surface area contributed by atoms with Crippen LogP contribution in [0.1, 0.15) is 26.7 Å². The second-order valence-corrected chi connectivity index (χ2v) is 6.05. The molecule has 0 aliphatic rings. The van der Waals surface area contributed by atoms with Crippen LogP contribution in [-0.4, -0.2) is 22.3 Å². The Morgan fingerprint density at radius 3 is 2.53 bits per heavy atom. The maximum absolute atomic E-state index is 10.1. The molecule has 96 valence electrons. The third kappa shape index (κ3) is 5.33.